The summed E-state index contributed by atoms with van der Waals surface area (Å²) in [4.78, 5) is 0. The van der Waals surface area contributed by atoms with Crippen molar-refractivity contribution in [1.82, 2.24) is 0 Å². The molecule has 0 fully saturated rings. The van der Waals surface area contributed by atoms with E-state index in [-0.39, 0.29) is 0 Å². The van der Waals surface area contributed by atoms with E-state index in [1.807, 2.05) is 31.2 Å². The van der Waals surface area contributed by atoms with Gasteiger partial charge in [0.2, 0.25) is 0 Å². The van der Waals surface area contributed by atoms with Crippen molar-refractivity contribution in [3.8, 4) is 5.75 Å². The lowest BCUT2D eigenvalue weighted by molar-refractivity contribution is 0.198. The summed E-state index contributed by atoms with van der Waals surface area (Å²) in [5, 5.41) is 9.38. The summed E-state index contributed by atoms with van der Waals surface area (Å²) in [5.74, 6) is 0.742. The van der Waals surface area contributed by atoms with Gasteiger partial charge in [-0.05, 0) is 37.1 Å². The smallest absolute Gasteiger partial charge is 0.120 e. The standard InChI is InChI=1S/C12H15ClO2/c1-9(7-13)8-15-12-5-3-4-11(6-12)10(2)14/h3-7,10,14H,8H2,1-2H3/b9-7+/t10-/m1/s1. The molecule has 1 aromatic rings. The van der Waals surface area contributed by atoms with Crippen molar-refractivity contribution in [2.75, 3.05) is 6.61 Å². The largest absolute Gasteiger partial charge is 0.489 e. The highest BCUT2D eigenvalue weighted by Crippen LogP contribution is 2.19. The van der Waals surface area contributed by atoms with Crippen molar-refractivity contribution in [3.63, 3.8) is 0 Å². The topological polar surface area (TPSA) is 29.5 Å². The van der Waals surface area contributed by atoms with Gasteiger partial charge in [-0.25, -0.2) is 0 Å². The van der Waals surface area contributed by atoms with Crippen LogP contribution in [0.4, 0.5) is 0 Å². The van der Waals surface area contributed by atoms with Crippen LogP contribution in [0.5, 0.6) is 5.75 Å². The molecule has 1 aromatic carbocycles. The van der Waals surface area contributed by atoms with Gasteiger partial charge in [0.15, 0.2) is 0 Å². The molecule has 0 aliphatic carbocycles. The van der Waals surface area contributed by atoms with Crippen molar-refractivity contribution >= 4 is 11.6 Å². The van der Waals surface area contributed by atoms with Crippen LogP contribution in [0.1, 0.15) is 25.5 Å². The number of hydrogen-bond acceptors (Lipinski definition) is 2. The molecule has 0 amide bonds. The van der Waals surface area contributed by atoms with Crippen molar-refractivity contribution in [3.05, 3.63) is 40.9 Å². The molecule has 0 bridgehead atoms. The van der Waals surface area contributed by atoms with Crippen LogP contribution in [0.15, 0.2) is 35.4 Å². The second-order valence-corrected chi connectivity index (χ2v) is 3.71. The summed E-state index contributed by atoms with van der Waals surface area (Å²) in [6.45, 7) is 4.08. The predicted molar refractivity (Wildman–Crippen MR) is 62.2 cm³/mol. The summed E-state index contributed by atoms with van der Waals surface area (Å²) in [6.07, 6.45) is -0.474. The Bertz CT molecular complexity index is 345. The summed E-state index contributed by atoms with van der Waals surface area (Å²) in [5.41, 5.74) is 3.30. The van der Waals surface area contributed by atoms with E-state index < -0.39 is 6.10 Å². The highest BCUT2D eigenvalue weighted by atomic mass is 35.5. The van der Waals surface area contributed by atoms with Gasteiger partial charge >= 0.3 is 0 Å². The summed E-state index contributed by atoms with van der Waals surface area (Å²) in [7, 11) is 0. The maximum absolute atomic E-state index is 9.38. The molecule has 2 nitrogen and oxygen atoms in total. The van der Waals surface area contributed by atoms with Crippen LogP contribution in [0, 0.1) is 0 Å². The van der Waals surface area contributed by atoms with Crippen LogP contribution < -0.4 is 4.74 Å². The van der Waals surface area contributed by atoms with Crippen LogP contribution in [-0.2, 0) is 0 Å². The fraction of sp³-hybridized carbons (Fsp3) is 0.333. The SMILES string of the molecule is C/C(=C\Cl)COc1cccc([C@@H](C)O)c1. The fourth-order valence-corrected chi connectivity index (χ4v) is 1.16. The number of aliphatic hydroxyl groups excluding tert-OH is 1. The van der Waals surface area contributed by atoms with E-state index in [1.165, 1.54) is 5.54 Å². The molecule has 0 unspecified atom stereocenters. The number of ether oxygens (including phenoxy) is 1. The van der Waals surface area contributed by atoms with Crippen molar-refractivity contribution in [2.24, 2.45) is 0 Å². The highest BCUT2D eigenvalue weighted by molar-refractivity contribution is 6.25. The molecular weight excluding hydrogens is 212 g/mol. The normalized spacial score (nSPS) is 13.7. The Hall–Kier alpha value is -0.990. The molecule has 1 atom stereocenters. The van der Waals surface area contributed by atoms with Crippen molar-refractivity contribution in [1.29, 1.82) is 0 Å². The quantitative estimate of drug-likeness (QED) is 0.854. The third kappa shape index (κ3) is 3.94. The molecule has 3 heteroatoms. The lowest BCUT2D eigenvalue weighted by Crippen LogP contribution is -1.99. The number of halogens is 1. The lowest BCUT2D eigenvalue weighted by Gasteiger charge is -2.09. The van der Waals surface area contributed by atoms with E-state index in [9.17, 15) is 5.11 Å². The number of aliphatic hydroxyl groups is 1. The van der Waals surface area contributed by atoms with E-state index in [4.69, 9.17) is 16.3 Å². The third-order valence-electron chi connectivity index (χ3n) is 1.99. The Labute approximate surface area is 95.1 Å². The maximum atomic E-state index is 9.38. The van der Waals surface area contributed by atoms with Crippen LogP contribution >= 0.6 is 11.6 Å². The molecule has 0 saturated carbocycles. The number of rotatable bonds is 4. The summed E-state index contributed by atoms with van der Waals surface area (Å²) < 4.78 is 5.49. The third-order valence-corrected chi connectivity index (χ3v) is 2.37. The minimum atomic E-state index is -0.474. The molecule has 0 aromatic heterocycles. The van der Waals surface area contributed by atoms with E-state index in [2.05, 4.69) is 0 Å². The number of benzene rings is 1. The molecule has 0 radical (unpaired) electrons. The molecule has 15 heavy (non-hydrogen) atoms. The average Bonchev–Trinajstić information content (AvgIpc) is 2.26. The van der Waals surface area contributed by atoms with Crippen molar-refractivity contribution < 1.29 is 9.84 Å². The molecule has 0 aliphatic rings. The molecule has 0 heterocycles. The number of hydrogen-bond donors (Lipinski definition) is 1. The van der Waals surface area contributed by atoms with Gasteiger partial charge in [0.1, 0.15) is 12.4 Å². The zero-order valence-electron chi connectivity index (χ0n) is 8.90. The first-order chi connectivity index (χ1) is 7.13. The van der Waals surface area contributed by atoms with E-state index >= 15 is 0 Å². The van der Waals surface area contributed by atoms with Gasteiger partial charge in [0.05, 0.1) is 6.10 Å². The van der Waals surface area contributed by atoms with Crippen LogP contribution in [0.25, 0.3) is 0 Å². The Morgan fingerprint density at radius 3 is 2.93 bits per heavy atom. The van der Waals surface area contributed by atoms with E-state index in [0.717, 1.165) is 16.9 Å². The first kappa shape index (κ1) is 12.1. The highest BCUT2D eigenvalue weighted by Gasteiger charge is 2.02. The van der Waals surface area contributed by atoms with Gasteiger partial charge < -0.3 is 9.84 Å². The van der Waals surface area contributed by atoms with Gasteiger partial charge in [-0.1, -0.05) is 23.7 Å². The Balaban J connectivity index is 2.66. The minimum absolute atomic E-state index is 0.465. The maximum Gasteiger partial charge on any atom is 0.120 e. The monoisotopic (exact) mass is 226 g/mol. The first-order valence-electron chi connectivity index (χ1n) is 4.80. The van der Waals surface area contributed by atoms with Gasteiger partial charge in [-0.3, -0.25) is 0 Å². The van der Waals surface area contributed by atoms with Gasteiger partial charge in [0.25, 0.3) is 0 Å². The van der Waals surface area contributed by atoms with E-state index in [1.54, 1.807) is 6.92 Å². The Kier molecular flexibility index (Phi) is 4.66. The van der Waals surface area contributed by atoms with Crippen LogP contribution in [0.2, 0.25) is 0 Å². The molecule has 82 valence electrons. The molecular formula is C12H15ClO2. The lowest BCUT2D eigenvalue weighted by atomic mass is 10.1. The zero-order valence-corrected chi connectivity index (χ0v) is 9.66. The molecule has 0 aliphatic heterocycles. The minimum Gasteiger partial charge on any atom is -0.489 e. The average molecular weight is 227 g/mol. The van der Waals surface area contributed by atoms with E-state index in [0.29, 0.717) is 6.61 Å². The first-order valence-corrected chi connectivity index (χ1v) is 5.24. The zero-order chi connectivity index (χ0) is 11.3. The second-order valence-electron chi connectivity index (χ2n) is 3.49. The summed E-state index contributed by atoms with van der Waals surface area (Å²) in [6, 6.07) is 7.40. The predicted octanol–water partition coefficient (Wildman–Crippen LogP) is 3.26. The molecule has 1 N–H and O–H groups in total. The van der Waals surface area contributed by atoms with Crippen LogP contribution in [0.3, 0.4) is 0 Å². The fourth-order valence-electron chi connectivity index (χ4n) is 1.09. The van der Waals surface area contributed by atoms with Gasteiger partial charge in [-0.15, -0.1) is 0 Å². The molecule has 1 rings (SSSR count). The molecule has 0 spiro atoms. The van der Waals surface area contributed by atoms with Crippen molar-refractivity contribution in [2.45, 2.75) is 20.0 Å². The van der Waals surface area contributed by atoms with Crippen LogP contribution in [-0.4, -0.2) is 11.7 Å². The molecule has 0 saturated heterocycles. The van der Waals surface area contributed by atoms with Gasteiger partial charge in [0, 0.05) is 5.54 Å². The second kappa shape index (κ2) is 5.79. The Morgan fingerprint density at radius 1 is 1.60 bits per heavy atom. The Morgan fingerprint density at radius 2 is 2.33 bits per heavy atom. The summed E-state index contributed by atoms with van der Waals surface area (Å²) >= 11 is 5.52. The van der Waals surface area contributed by atoms with Gasteiger partial charge in [-0.2, -0.15) is 0 Å².